The monoisotopic (exact) mass is 393 g/mol. The number of nitrogens with one attached hydrogen (secondary N) is 1. The Balaban J connectivity index is 1.34. The van der Waals surface area contributed by atoms with Gasteiger partial charge in [0.2, 0.25) is 5.91 Å². The van der Waals surface area contributed by atoms with Crippen molar-refractivity contribution in [2.24, 2.45) is 0 Å². The molecular weight excluding hydrogens is 374 g/mol. The average molecular weight is 394 g/mol. The van der Waals surface area contributed by atoms with Gasteiger partial charge < -0.3 is 9.88 Å². The highest BCUT2D eigenvalue weighted by atomic mass is 35.5. The summed E-state index contributed by atoms with van der Waals surface area (Å²) < 4.78 is 4.02. The zero-order chi connectivity index (χ0) is 19.5. The van der Waals surface area contributed by atoms with Crippen molar-refractivity contribution in [1.82, 2.24) is 24.3 Å². The molecule has 0 aliphatic carbocycles. The number of rotatable bonds is 6. The van der Waals surface area contributed by atoms with Gasteiger partial charge in [-0.25, -0.2) is 9.97 Å². The SMILES string of the molecule is Cc1nc2ccccc2n1CCCNC(=O)/C=C/c1c(Cl)nc2ccccn12. The number of para-hydroxylation sites is 2. The maximum atomic E-state index is 12.1. The van der Waals surface area contributed by atoms with Crippen molar-refractivity contribution in [1.29, 1.82) is 0 Å². The number of halogens is 1. The lowest BCUT2D eigenvalue weighted by molar-refractivity contribution is -0.116. The molecule has 7 heteroatoms. The lowest BCUT2D eigenvalue weighted by Crippen LogP contribution is -2.23. The van der Waals surface area contributed by atoms with Crippen LogP contribution in [0.1, 0.15) is 17.9 Å². The number of nitrogens with zero attached hydrogens (tertiary/aromatic N) is 4. The van der Waals surface area contributed by atoms with Crippen molar-refractivity contribution in [3.8, 4) is 0 Å². The van der Waals surface area contributed by atoms with Crippen LogP contribution in [-0.2, 0) is 11.3 Å². The van der Waals surface area contributed by atoms with Gasteiger partial charge in [0, 0.05) is 25.4 Å². The Morgan fingerprint density at radius 3 is 2.89 bits per heavy atom. The van der Waals surface area contributed by atoms with Crippen LogP contribution in [0.2, 0.25) is 5.15 Å². The molecule has 0 radical (unpaired) electrons. The molecule has 1 amide bonds. The molecule has 0 saturated heterocycles. The quantitative estimate of drug-likeness (QED) is 0.399. The first-order chi connectivity index (χ1) is 13.6. The second-order valence-electron chi connectivity index (χ2n) is 6.49. The maximum absolute atomic E-state index is 12.1. The molecule has 6 nitrogen and oxygen atoms in total. The Hall–Kier alpha value is -3.12. The molecular formula is C21H20ClN5O. The summed E-state index contributed by atoms with van der Waals surface area (Å²) in [6.45, 7) is 3.38. The number of pyridine rings is 1. The van der Waals surface area contributed by atoms with E-state index in [1.807, 2.05) is 53.9 Å². The largest absolute Gasteiger partial charge is 0.352 e. The minimum absolute atomic E-state index is 0.158. The normalized spacial score (nSPS) is 11.6. The van der Waals surface area contributed by atoms with Gasteiger partial charge in [0.1, 0.15) is 11.5 Å². The summed E-state index contributed by atoms with van der Waals surface area (Å²) >= 11 is 6.17. The zero-order valence-electron chi connectivity index (χ0n) is 15.5. The summed E-state index contributed by atoms with van der Waals surface area (Å²) in [6, 6.07) is 13.7. The highest BCUT2D eigenvalue weighted by Gasteiger charge is 2.08. The predicted octanol–water partition coefficient (Wildman–Crippen LogP) is 3.87. The highest BCUT2D eigenvalue weighted by Crippen LogP contribution is 2.19. The summed E-state index contributed by atoms with van der Waals surface area (Å²) in [5.74, 6) is 0.823. The number of amides is 1. The lowest BCUT2D eigenvalue weighted by Gasteiger charge is -2.07. The summed E-state index contributed by atoms with van der Waals surface area (Å²) in [6.07, 6.45) is 5.85. The Labute approximate surface area is 167 Å². The van der Waals surface area contributed by atoms with Crippen molar-refractivity contribution < 1.29 is 4.79 Å². The van der Waals surface area contributed by atoms with Crippen LogP contribution < -0.4 is 5.32 Å². The van der Waals surface area contributed by atoms with Crippen LogP contribution in [0.15, 0.2) is 54.7 Å². The van der Waals surface area contributed by atoms with Gasteiger partial charge in [0.15, 0.2) is 5.15 Å². The number of hydrogen-bond acceptors (Lipinski definition) is 3. The van der Waals surface area contributed by atoms with Gasteiger partial charge in [-0.15, -0.1) is 0 Å². The average Bonchev–Trinajstić information content (AvgIpc) is 3.19. The molecule has 1 aromatic carbocycles. The smallest absolute Gasteiger partial charge is 0.244 e. The number of benzene rings is 1. The maximum Gasteiger partial charge on any atom is 0.244 e. The van der Waals surface area contributed by atoms with E-state index in [0.29, 0.717) is 17.4 Å². The fourth-order valence-corrected chi connectivity index (χ4v) is 3.52. The number of carbonyl (C=O) groups is 1. The van der Waals surface area contributed by atoms with E-state index in [4.69, 9.17) is 11.6 Å². The van der Waals surface area contributed by atoms with Crippen LogP contribution in [0.5, 0.6) is 0 Å². The van der Waals surface area contributed by atoms with Crippen LogP contribution in [0.4, 0.5) is 0 Å². The molecule has 0 spiro atoms. The summed E-state index contributed by atoms with van der Waals surface area (Å²) in [5, 5.41) is 3.28. The Morgan fingerprint density at radius 1 is 1.18 bits per heavy atom. The van der Waals surface area contributed by atoms with E-state index >= 15 is 0 Å². The number of imidazole rings is 2. The van der Waals surface area contributed by atoms with Crippen LogP contribution in [0, 0.1) is 6.92 Å². The fourth-order valence-electron chi connectivity index (χ4n) is 3.28. The van der Waals surface area contributed by atoms with Gasteiger partial charge in [-0.1, -0.05) is 29.8 Å². The van der Waals surface area contributed by atoms with Crippen molar-refractivity contribution in [2.75, 3.05) is 6.54 Å². The van der Waals surface area contributed by atoms with E-state index in [1.165, 1.54) is 6.08 Å². The van der Waals surface area contributed by atoms with Gasteiger partial charge in [-0.2, -0.15) is 0 Å². The van der Waals surface area contributed by atoms with E-state index in [9.17, 15) is 4.79 Å². The van der Waals surface area contributed by atoms with Gasteiger partial charge in [0.05, 0.1) is 16.7 Å². The second kappa shape index (κ2) is 7.86. The second-order valence-corrected chi connectivity index (χ2v) is 6.85. The molecule has 0 aliphatic heterocycles. The number of carbonyl (C=O) groups excluding carboxylic acids is 1. The molecule has 1 N–H and O–H groups in total. The van der Waals surface area contributed by atoms with Crippen LogP contribution in [-0.4, -0.2) is 31.4 Å². The van der Waals surface area contributed by atoms with E-state index in [2.05, 4.69) is 25.9 Å². The van der Waals surface area contributed by atoms with Crippen molar-refractivity contribution in [3.05, 3.63) is 71.4 Å². The first kappa shape index (κ1) is 18.3. The molecule has 4 rings (SSSR count). The topological polar surface area (TPSA) is 64.2 Å². The molecule has 0 saturated carbocycles. The molecule has 3 heterocycles. The standard InChI is InChI=1S/C21H20ClN5O/c1-15-24-16-7-2-3-8-17(16)26(15)14-6-12-23-20(28)11-10-18-21(22)25-19-9-4-5-13-27(18)19/h2-5,7-11,13H,6,12,14H2,1H3,(H,23,28)/b11-10+. The Kier molecular flexibility index (Phi) is 5.12. The highest BCUT2D eigenvalue weighted by molar-refractivity contribution is 6.31. The number of aromatic nitrogens is 4. The van der Waals surface area contributed by atoms with Gasteiger partial charge in [0.25, 0.3) is 0 Å². The number of aryl methyl sites for hydroxylation is 2. The molecule has 28 heavy (non-hydrogen) atoms. The molecule has 142 valence electrons. The fraction of sp³-hybridized carbons (Fsp3) is 0.190. The van der Waals surface area contributed by atoms with Gasteiger partial charge >= 0.3 is 0 Å². The third-order valence-electron chi connectivity index (χ3n) is 4.62. The lowest BCUT2D eigenvalue weighted by atomic mass is 10.3. The molecule has 0 fully saturated rings. The van der Waals surface area contributed by atoms with Crippen molar-refractivity contribution >= 4 is 40.3 Å². The van der Waals surface area contributed by atoms with E-state index in [-0.39, 0.29) is 5.91 Å². The minimum Gasteiger partial charge on any atom is -0.352 e. The minimum atomic E-state index is -0.158. The molecule has 0 unspecified atom stereocenters. The van der Waals surface area contributed by atoms with Gasteiger partial charge in [-0.05, 0) is 43.7 Å². The van der Waals surface area contributed by atoms with E-state index in [0.717, 1.165) is 35.5 Å². The van der Waals surface area contributed by atoms with Crippen LogP contribution in [0.25, 0.3) is 22.8 Å². The van der Waals surface area contributed by atoms with Gasteiger partial charge in [-0.3, -0.25) is 9.20 Å². The predicted molar refractivity (Wildman–Crippen MR) is 111 cm³/mol. The third-order valence-corrected chi connectivity index (χ3v) is 4.90. The molecule has 0 bridgehead atoms. The van der Waals surface area contributed by atoms with Crippen LogP contribution in [0.3, 0.4) is 0 Å². The Bertz CT molecular complexity index is 1170. The molecule has 4 aromatic rings. The van der Waals surface area contributed by atoms with E-state index < -0.39 is 0 Å². The summed E-state index contributed by atoms with van der Waals surface area (Å²) in [4.78, 5) is 21.0. The Morgan fingerprint density at radius 2 is 2.00 bits per heavy atom. The summed E-state index contributed by atoms with van der Waals surface area (Å²) in [5.41, 5.74) is 3.55. The molecule has 3 aromatic heterocycles. The first-order valence-electron chi connectivity index (χ1n) is 9.14. The molecule has 0 aliphatic rings. The first-order valence-corrected chi connectivity index (χ1v) is 9.51. The zero-order valence-corrected chi connectivity index (χ0v) is 16.2. The van der Waals surface area contributed by atoms with E-state index in [1.54, 1.807) is 6.08 Å². The number of fused-ring (bicyclic) bond motifs is 2. The van der Waals surface area contributed by atoms with Crippen LogP contribution >= 0.6 is 11.6 Å². The number of hydrogen-bond donors (Lipinski definition) is 1. The third kappa shape index (κ3) is 3.64. The van der Waals surface area contributed by atoms with Crippen molar-refractivity contribution in [3.63, 3.8) is 0 Å². The summed E-state index contributed by atoms with van der Waals surface area (Å²) in [7, 11) is 0. The van der Waals surface area contributed by atoms with Crippen molar-refractivity contribution in [2.45, 2.75) is 19.9 Å². The molecule has 0 atom stereocenters.